The van der Waals surface area contributed by atoms with Crippen molar-refractivity contribution in [3.05, 3.63) is 17.7 Å². The number of nitrogens with one attached hydrogen (secondary N) is 1. The van der Waals surface area contributed by atoms with Crippen molar-refractivity contribution in [1.82, 2.24) is 9.29 Å². The van der Waals surface area contributed by atoms with Crippen LogP contribution < -0.4 is 4.72 Å². The average molecular weight is 380 g/mol. The van der Waals surface area contributed by atoms with E-state index in [1.54, 1.807) is 0 Å². The predicted octanol–water partition coefficient (Wildman–Crippen LogP) is 0.497. The Kier molecular flexibility index (Phi) is 6.32. The molecule has 9 nitrogen and oxygen atoms in total. The van der Waals surface area contributed by atoms with Crippen LogP contribution in [-0.2, 0) is 31.3 Å². The number of halogens is 1. The molecule has 0 saturated carbocycles. The van der Waals surface area contributed by atoms with E-state index in [-0.39, 0.29) is 6.61 Å². The maximum absolute atomic E-state index is 14.5. The molecule has 11 heteroatoms. The third-order valence-corrected chi connectivity index (χ3v) is 5.00. The van der Waals surface area contributed by atoms with E-state index < -0.39 is 50.0 Å². The van der Waals surface area contributed by atoms with Crippen LogP contribution in [0.15, 0.2) is 11.1 Å². The molecule has 1 unspecified atom stereocenters. The highest BCUT2D eigenvalue weighted by molar-refractivity contribution is 7.89. The number of carboxylic acid groups (broad SMARTS) is 1. The fourth-order valence-corrected chi connectivity index (χ4v) is 3.47. The van der Waals surface area contributed by atoms with Crippen LogP contribution in [0, 0.1) is 5.82 Å². The number of rotatable bonds is 8. The summed E-state index contributed by atoms with van der Waals surface area (Å²) >= 11 is 0. The molecule has 1 aromatic heterocycles. The second-order valence-corrected chi connectivity index (χ2v) is 7.37. The van der Waals surface area contributed by atoms with Gasteiger partial charge in [0.15, 0.2) is 11.5 Å². The molecule has 0 bridgehead atoms. The lowest BCUT2D eigenvalue weighted by Gasteiger charge is -2.30. The SMILES string of the molecule is CCOC(=O)c1c(F)c(S(=O)(=O)NC(C(=O)O)C(C)(C)OC)cn1C. The van der Waals surface area contributed by atoms with Gasteiger partial charge in [0, 0.05) is 20.4 Å². The number of esters is 1. The summed E-state index contributed by atoms with van der Waals surface area (Å²) in [5.41, 5.74) is -1.99. The molecule has 0 aliphatic rings. The maximum atomic E-state index is 14.5. The third kappa shape index (κ3) is 4.35. The average Bonchev–Trinajstić information content (AvgIpc) is 2.80. The van der Waals surface area contributed by atoms with Gasteiger partial charge in [0.2, 0.25) is 10.0 Å². The number of ether oxygens (including phenoxy) is 2. The lowest BCUT2D eigenvalue weighted by molar-refractivity contribution is -0.146. The maximum Gasteiger partial charge on any atom is 0.358 e. The van der Waals surface area contributed by atoms with E-state index in [9.17, 15) is 27.5 Å². The zero-order chi connectivity index (χ0) is 19.6. The standard InChI is InChI=1S/C14H21FN2O7S/c1-6-24-13(20)10-9(15)8(7-17(10)4)25(21,22)16-11(12(18)19)14(2,3)23-5/h7,11,16H,6H2,1-5H3,(H,18,19). The Hall–Kier alpha value is -1.98. The summed E-state index contributed by atoms with van der Waals surface area (Å²) in [6, 6.07) is -1.69. The number of nitrogens with zero attached hydrogens (tertiary/aromatic N) is 1. The van der Waals surface area contributed by atoms with Gasteiger partial charge in [-0.1, -0.05) is 0 Å². The Balaban J connectivity index is 3.34. The van der Waals surface area contributed by atoms with Crippen molar-refractivity contribution >= 4 is 22.0 Å². The molecular formula is C14H21FN2O7S. The molecule has 0 aliphatic heterocycles. The molecule has 25 heavy (non-hydrogen) atoms. The van der Waals surface area contributed by atoms with E-state index in [0.717, 1.165) is 10.8 Å². The second-order valence-electron chi connectivity index (χ2n) is 5.69. The largest absolute Gasteiger partial charge is 0.480 e. The molecule has 1 atom stereocenters. The van der Waals surface area contributed by atoms with E-state index in [1.807, 2.05) is 4.72 Å². The number of carbonyl (C=O) groups is 2. The van der Waals surface area contributed by atoms with Crippen LogP contribution in [0.4, 0.5) is 4.39 Å². The van der Waals surface area contributed by atoms with Crippen molar-refractivity contribution in [2.45, 2.75) is 37.3 Å². The minimum absolute atomic E-state index is 0.0209. The molecule has 1 aromatic rings. The topological polar surface area (TPSA) is 124 Å². The third-order valence-electron chi connectivity index (χ3n) is 3.59. The van der Waals surface area contributed by atoms with Crippen molar-refractivity contribution in [2.75, 3.05) is 13.7 Å². The predicted molar refractivity (Wildman–Crippen MR) is 84.2 cm³/mol. The quantitative estimate of drug-likeness (QED) is 0.629. The zero-order valence-electron chi connectivity index (χ0n) is 14.5. The minimum atomic E-state index is -4.59. The fourth-order valence-electron chi connectivity index (χ4n) is 2.02. The van der Waals surface area contributed by atoms with E-state index in [0.29, 0.717) is 0 Å². The first-order valence-electron chi connectivity index (χ1n) is 7.21. The van der Waals surface area contributed by atoms with Gasteiger partial charge < -0.3 is 19.1 Å². The van der Waals surface area contributed by atoms with Gasteiger partial charge in [0.05, 0.1) is 12.2 Å². The van der Waals surface area contributed by atoms with E-state index in [4.69, 9.17) is 4.74 Å². The molecule has 0 spiro atoms. The summed E-state index contributed by atoms with van der Waals surface area (Å²) in [7, 11) is -2.11. The highest BCUT2D eigenvalue weighted by Gasteiger charge is 2.40. The Morgan fingerprint density at radius 1 is 1.44 bits per heavy atom. The van der Waals surface area contributed by atoms with E-state index in [2.05, 4.69) is 4.74 Å². The van der Waals surface area contributed by atoms with Crippen LogP contribution in [0.5, 0.6) is 0 Å². The van der Waals surface area contributed by atoms with Crippen molar-refractivity contribution in [2.24, 2.45) is 7.05 Å². The normalized spacial score (nSPS) is 13.5. The summed E-state index contributed by atoms with van der Waals surface area (Å²) < 4.78 is 51.9. The van der Waals surface area contributed by atoms with Gasteiger partial charge in [-0.3, -0.25) is 4.79 Å². The van der Waals surface area contributed by atoms with E-state index in [1.165, 1.54) is 34.9 Å². The Labute approximate surface area is 144 Å². The summed E-state index contributed by atoms with van der Waals surface area (Å²) in [6.45, 7) is 4.22. The number of hydrogen-bond donors (Lipinski definition) is 2. The molecule has 0 saturated heterocycles. The first-order chi connectivity index (χ1) is 11.4. The van der Waals surface area contributed by atoms with Gasteiger partial charge in [-0.2, -0.15) is 4.72 Å². The minimum Gasteiger partial charge on any atom is -0.480 e. The highest BCUT2D eigenvalue weighted by atomic mass is 32.2. The number of carbonyl (C=O) groups excluding carboxylic acids is 1. The van der Waals surface area contributed by atoms with Crippen LogP contribution >= 0.6 is 0 Å². The fraction of sp³-hybridized carbons (Fsp3) is 0.571. The van der Waals surface area contributed by atoms with Crippen LogP contribution in [-0.4, -0.2) is 55.4 Å². The smallest absolute Gasteiger partial charge is 0.358 e. The van der Waals surface area contributed by atoms with Crippen LogP contribution in [0.1, 0.15) is 31.3 Å². The number of aromatic nitrogens is 1. The number of methoxy groups -OCH3 is 1. The summed E-state index contributed by atoms with van der Waals surface area (Å²) in [4.78, 5) is 22.3. The molecule has 0 aromatic carbocycles. The Morgan fingerprint density at radius 3 is 2.44 bits per heavy atom. The first kappa shape index (κ1) is 21.1. The summed E-state index contributed by atoms with van der Waals surface area (Å²) in [6.07, 6.45) is 0.864. The lowest BCUT2D eigenvalue weighted by atomic mass is 10.00. The molecule has 0 aliphatic carbocycles. The number of carboxylic acids is 1. The number of sulfonamides is 1. The molecule has 0 amide bonds. The number of hydrogen-bond acceptors (Lipinski definition) is 6. The summed E-state index contributed by atoms with van der Waals surface area (Å²) in [5, 5.41) is 9.26. The van der Waals surface area contributed by atoms with Crippen molar-refractivity contribution in [3.63, 3.8) is 0 Å². The van der Waals surface area contributed by atoms with Gasteiger partial charge in [-0.05, 0) is 20.8 Å². The van der Waals surface area contributed by atoms with Crippen molar-refractivity contribution in [3.8, 4) is 0 Å². The molecule has 2 N–H and O–H groups in total. The van der Waals surface area contributed by atoms with Crippen LogP contribution in [0.25, 0.3) is 0 Å². The van der Waals surface area contributed by atoms with Crippen molar-refractivity contribution < 1.29 is 37.0 Å². The number of aliphatic carboxylic acids is 1. The molecular weight excluding hydrogens is 359 g/mol. The molecule has 1 rings (SSSR count). The van der Waals surface area contributed by atoms with Gasteiger partial charge >= 0.3 is 11.9 Å². The van der Waals surface area contributed by atoms with Gasteiger partial charge in [-0.15, -0.1) is 0 Å². The lowest BCUT2D eigenvalue weighted by Crippen LogP contribution is -2.54. The zero-order valence-corrected chi connectivity index (χ0v) is 15.3. The summed E-state index contributed by atoms with van der Waals surface area (Å²) in [5.74, 6) is -3.86. The highest BCUT2D eigenvalue weighted by Crippen LogP contribution is 2.23. The molecule has 1 heterocycles. The van der Waals surface area contributed by atoms with Gasteiger partial charge in [0.1, 0.15) is 10.9 Å². The molecule has 0 radical (unpaired) electrons. The van der Waals surface area contributed by atoms with E-state index >= 15 is 0 Å². The van der Waals surface area contributed by atoms with Gasteiger partial charge in [-0.25, -0.2) is 17.6 Å². The van der Waals surface area contributed by atoms with Crippen LogP contribution in [0.2, 0.25) is 0 Å². The molecule has 142 valence electrons. The number of aryl methyl sites for hydroxylation is 1. The van der Waals surface area contributed by atoms with Crippen LogP contribution in [0.3, 0.4) is 0 Å². The second kappa shape index (κ2) is 7.50. The monoisotopic (exact) mass is 380 g/mol. The van der Waals surface area contributed by atoms with Crippen molar-refractivity contribution in [1.29, 1.82) is 0 Å². The Morgan fingerprint density at radius 2 is 2.00 bits per heavy atom. The van der Waals surface area contributed by atoms with Gasteiger partial charge in [0.25, 0.3) is 0 Å². The Bertz CT molecular complexity index is 770. The molecule has 0 fully saturated rings. The first-order valence-corrected chi connectivity index (χ1v) is 8.69.